The molecule has 0 amide bonds. The topological polar surface area (TPSA) is 73.8 Å². The van der Waals surface area contributed by atoms with Gasteiger partial charge in [0, 0.05) is 0 Å². The van der Waals surface area contributed by atoms with E-state index in [1.807, 2.05) is 17.5 Å². The average Bonchev–Trinajstić information content (AvgIpc) is 3.10. The van der Waals surface area contributed by atoms with Crippen LogP contribution >= 0.6 is 34.5 Å². The number of hydrogen-bond acceptors (Lipinski definition) is 6. The molecule has 20 heavy (non-hydrogen) atoms. The average molecular weight is 329 g/mol. The molecule has 0 atom stereocenters. The first-order valence-corrected chi connectivity index (χ1v) is 7.06. The van der Waals surface area contributed by atoms with Crippen LogP contribution in [0.2, 0.25) is 10.0 Å². The molecular weight excluding hydrogens is 323 g/mol. The first-order valence-electron chi connectivity index (χ1n) is 5.43. The maximum atomic E-state index is 11.8. The Labute approximate surface area is 126 Å². The highest BCUT2D eigenvalue weighted by Crippen LogP contribution is 2.22. The summed E-state index contributed by atoms with van der Waals surface area (Å²) in [5, 5.41) is 9.62. The van der Waals surface area contributed by atoms with E-state index < -0.39 is 5.56 Å². The summed E-state index contributed by atoms with van der Waals surface area (Å²) >= 11 is 13.0. The van der Waals surface area contributed by atoms with E-state index in [1.54, 1.807) is 0 Å². The van der Waals surface area contributed by atoms with Crippen LogP contribution in [0.3, 0.4) is 0 Å². The Morgan fingerprint density at radius 1 is 1.40 bits per heavy atom. The number of halogens is 2. The van der Waals surface area contributed by atoms with Crippen molar-refractivity contribution in [3.63, 3.8) is 0 Å². The van der Waals surface area contributed by atoms with Crippen LogP contribution in [0.25, 0.3) is 10.8 Å². The fourth-order valence-electron chi connectivity index (χ4n) is 1.51. The molecule has 0 aliphatic heterocycles. The molecule has 0 aliphatic carbocycles. The third-order valence-electron chi connectivity index (χ3n) is 2.43. The van der Waals surface area contributed by atoms with E-state index >= 15 is 0 Å². The molecule has 0 spiro atoms. The van der Waals surface area contributed by atoms with Gasteiger partial charge in [-0.25, -0.2) is 4.68 Å². The normalized spacial score (nSPS) is 10.9. The molecule has 0 aliphatic rings. The van der Waals surface area contributed by atoms with Crippen LogP contribution in [0.5, 0.6) is 0 Å². The molecule has 0 unspecified atom stereocenters. The molecule has 0 bridgehead atoms. The van der Waals surface area contributed by atoms with E-state index in [0.717, 1.165) is 9.56 Å². The summed E-state index contributed by atoms with van der Waals surface area (Å²) in [7, 11) is 0. The molecule has 3 rings (SSSR count). The summed E-state index contributed by atoms with van der Waals surface area (Å²) in [6.07, 6.45) is 1.30. The van der Waals surface area contributed by atoms with Crippen molar-refractivity contribution in [2.45, 2.75) is 6.54 Å². The van der Waals surface area contributed by atoms with Gasteiger partial charge in [-0.3, -0.25) is 4.79 Å². The molecule has 9 heteroatoms. The number of hydrogen-bond donors (Lipinski definition) is 0. The van der Waals surface area contributed by atoms with Gasteiger partial charge < -0.3 is 4.52 Å². The Hall–Kier alpha value is -1.70. The number of aromatic nitrogens is 4. The third-order valence-corrected chi connectivity index (χ3v) is 4.04. The molecule has 3 heterocycles. The van der Waals surface area contributed by atoms with Crippen LogP contribution in [0, 0.1) is 0 Å². The lowest BCUT2D eigenvalue weighted by atomic mass is 10.5. The number of thiophene rings is 1. The van der Waals surface area contributed by atoms with Gasteiger partial charge in [-0.15, -0.1) is 11.3 Å². The summed E-state index contributed by atoms with van der Waals surface area (Å²) in [4.78, 5) is 16.9. The summed E-state index contributed by atoms with van der Waals surface area (Å²) in [5.41, 5.74) is -0.498. The minimum Gasteiger partial charge on any atom is -0.333 e. The Balaban J connectivity index is 1.89. The first kappa shape index (κ1) is 13.3. The van der Waals surface area contributed by atoms with Crippen LogP contribution in [0.4, 0.5) is 0 Å². The van der Waals surface area contributed by atoms with Gasteiger partial charge in [-0.1, -0.05) is 34.4 Å². The maximum absolute atomic E-state index is 11.8. The first-order chi connectivity index (χ1) is 9.65. The second kappa shape index (κ2) is 5.35. The molecule has 6 nitrogen and oxygen atoms in total. The molecule has 0 radical (unpaired) electrons. The van der Waals surface area contributed by atoms with E-state index in [9.17, 15) is 4.79 Å². The summed E-state index contributed by atoms with van der Waals surface area (Å²) in [6.45, 7) is 0.0601. The van der Waals surface area contributed by atoms with Crippen LogP contribution < -0.4 is 5.56 Å². The van der Waals surface area contributed by atoms with Crippen LogP contribution in [0.15, 0.2) is 33.0 Å². The second-order valence-electron chi connectivity index (χ2n) is 3.76. The van der Waals surface area contributed by atoms with E-state index in [-0.39, 0.29) is 16.6 Å². The van der Waals surface area contributed by atoms with Gasteiger partial charge in [0.05, 0.1) is 16.1 Å². The highest BCUT2D eigenvalue weighted by molar-refractivity contribution is 7.13. The van der Waals surface area contributed by atoms with Crippen molar-refractivity contribution in [2.24, 2.45) is 0 Å². The number of nitrogens with zero attached hydrogens (tertiary/aromatic N) is 4. The Bertz CT molecular complexity index is 797. The Kier molecular flexibility index (Phi) is 3.56. The van der Waals surface area contributed by atoms with Crippen molar-refractivity contribution in [3.8, 4) is 10.8 Å². The van der Waals surface area contributed by atoms with Crippen LogP contribution in [0.1, 0.15) is 5.82 Å². The Morgan fingerprint density at radius 3 is 3.00 bits per heavy atom. The molecule has 3 aromatic heterocycles. The maximum Gasteiger partial charge on any atom is 0.287 e. The lowest BCUT2D eigenvalue weighted by Crippen LogP contribution is -2.24. The monoisotopic (exact) mass is 328 g/mol. The van der Waals surface area contributed by atoms with Gasteiger partial charge in [0.15, 0.2) is 5.82 Å². The zero-order chi connectivity index (χ0) is 14.1. The molecule has 0 saturated heterocycles. The molecular formula is C11H6Cl2N4O2S. The zero-order valence-corrected chi connectivity index (χ0v) is 12.1. The summed E-state index contributed by atoms with van der Waals surface area (Å²) in [6, 6.07) is 3.75. The highest BCUT2D eigenvalue weighted by Gasteiger charge is 2.13. The quantitative estimate of drug-likeness (QED) is 0.739. The molecule has 3 aromatic rings. The summed E-state index contributed by atoms with van der Waals surface area (Å²) in [5.74, 6) is 0.740. The second-order valence-corrected chi connectivity index (χ2v) is 5.50. The predicted molar refractivity (Wildman–Crippen MR) is 75.2 cm³/mol. The van der Waals surface area contributed by atoms with Crippen molar-refractivity contribution in [3.05, 3.63) is 49.9 Å². The fraction of sp³-hybridized carbons (Fsp3) is 0.0909. The minimum absolute atomic E-state index is 0.0601. The van der Waals surface area contributed by atoms with E-state index in [4.69, 9.17) is 27.7 Å². The number of rotatable bonds is 3. The van der Waals surface area contributed by atoms with Gasteiger partial charge in [-0.2, -0.15) is 10.1 Å². The SMILES string of the molecule is O=c1c(Cl)c(Cl)cnn1Cc1noc(-c2cccs2)n1. The van der Waals surface area contributed by atoms with Crippen molar-refractivity contribution >= 4 is 34.5 Å². The molecule has 0 N–H and O–H groups in total. The lowest BCUT2D eigenvalue weighted by molar-refractivity contribution is 0.418. The fourth-order valence-corrected chi connectivity index (χ4v) is 2.43. The Morgan fingerprint density at radius 2 is 2.25 bits per heavy atom. The van der Waals surface area contributed by atoms with Gasteiger partial charge >= 0.3 is 0 Å². The van der Waals surface area contributed by atoms with E-state index in [2.05, 4.69) is 15.2 Å². The largest absolute Gasteiger partial charge is 0.333 e. The van der Waals surface area contributed by atoms with Gasteiger partial charge in [0.25, 0.3) is 11.4 Å². The smallest absolute Gasteiger partial charge is 0.287 e. The summed E-state index contributed by atoms with van der Waals surface area (Å²) < 4.78 is 6.24. The molecule has 0 saturated carbocycles. The molecule has 0 aromatic carbocycles. The predicted octanol–water partition coefficient (Wildman–Crippen LogP) is 2.71. The van der Waals surface area contributed by atoms with Crippen molar-refractivity contribution in [1.29, 1.82) is 0 Å². The van der Waals surface area contributed by atoms with Crippen molar-refractivity contribution < 1.29 is 4.52 Å². The van der Waals surface area contributed by atoms with Crippen LogP contribution in [-0.2, 0) is 6.54 Å². The lowest BCUT2D eigenvalue weighted by Gasteiger charge is -2.01. The molecule has 0 fully saturated rings. The van der Waals surface area contributed by atoms with Gasteiger partial charge in [-0.05, 0) is 11.4 Å². The van der Waals surface area contributed by atoms with Gasteiger partial charge in [0.2, 0.25) is 0 Å². The third kappa shape index (κ3) is 2.47. The zero-order valence-electron chi connectivity index (χ0n) is 9.79. The van der Waals surface area contributed by atoms with E-state index in [0.29, 0.717) is 11.7 Å². The van der Waals surface area contributed by atoms with Crippen molar-refractivity contribution in [2.75, 3.05) is 0 Å². The minimum atomic E-state index is -0.498. The molecule has 102 valence electrons. The van der Waals surface area contributed by atoms with Crippen LogP contribution in [-0.4, -0.2) is 19.9 Å². The highest BCUT2D eigenvalue weighted by atomic mass is 35.5. The van der Waals surface area contributed by atoms with Crippen molar-refractivity contribution in [1.82, 2.24) is 19.9 Å². The standard InChI is InChI=1S/C11H6Cl2N4O2S/c12-6-4-14-17(11(18)9(6)13)5-8-15-10(19-16-8)7-2-1-3-20-7/h1-4H,5H2. The van der Waals surface area contributed by atoms with Gasteiger partial charge in [0.1, 0.15) is 11.6 Å². The van der Waals surface area contributed by atoms with E-state index in [1.165, 1.54) is 17.5 Å².